The van der Waals surface area contributed by atoms with E-state index in [-0.39, 0.29) is 12.5 Å². The Labute approximate surface area is 150 Å². The largest absolute Gasteiger partial charge is 0.496 e. The molecule has 1 aliphatic heterocycles. The van der Waals surface area contributed by atoms with Gasteiger partial charge in [0.2, 0.25) is 5.91 Å². The quantitative estimate of drug-likeness (QED) is 0.732. The predicted octanol–water partition coefficient (Wildman–Crippen LogP) is 2.29. The molecule has 0 aromatic heterocycles. The molecule has 0 spiro atoms. The fourth-order valence-electron chi connectivity index (χ4n) is 2.55. The van der Waals surface area contributed by atoms with Crippen molar-refractivity contribution in [3.63, 3.8) is 0 Å². The van der Waals surface area contributed by atoms with Crippen molar-refractivity contribution in [2.45, 2.75) is 18.1 Å². The lowest BCUT2D eigenvalue weighted by molar-refractivity contribution is -0.141. The van der Waals surface area contributed by atoms with Gasteiger partial charge in [-0.3, -0.25) is 9.59 Å². The maximum Gasteiger partial charge on any atom is 0.308 e. The van der Waals surface area contributed by atoms with E-state index in [9.17, 15) is 14.7 Å². The maximum atomic E-state index is 12.1. The van der Waals surface area contributed by atoms with Crippen LogP contribution in [0.15, 0.2) is 24.3 Å². The molecule has 2 unspecified atom stereocenters. The number of carboxylic acid groups (broad SMARTS) is 1. The molecule has 1 fully saturated rings. The predicted molar refractivity (Wildman–Crippen MR) is 99.0 cm³/mol. The van der Waals surface area contributed by atoms with E-state index in [1.54, 1.807) is 7.11 Å². The Morgan fingerprint density at radius 3 is 2.83 bits per heavy atom. The summed E-state index contributed by atoms with van der Waals surface area (Å²) in [7, 11) is 1.57. The highest BCUT2D eigenvalue weighted by atomic mass is 32.2. The lowest BCUT2D eigenvalue weighted by atomic mass is 9.98. The zero-order valence-corrected chi connectivity index (χ0v) is 15.3. The fraction of sp³-hybridized carbons (Fsp3) is 0.529. The summed E-state index contributed by atoms with van der Waals surface area (Å²) in [5, 5.41) is 12.6. The standard InChI is InChI=1S/C17H23NO4S2/c1-22-15-5-3-2-4-12(15)8-13(17(20)21)10-18-16(19)9-14-11-23-6-7-24-14/h2-5,13-14H,6-11H2,1H3,(H,18,19)(H,20,21). The number of para-hydroxylation sites is 1. The summed E-state index contributed by atoms with van der Waals surface area (Å²) in [6.45, 7) is 0.136. The molecule has 5 nitrogen and oxygen atoms in total. The van der Waals surface area contributed by atoms with Crippen molar-refractivity contribution in [1.29, 1.82) is 0 Å². The highest BCUT2D eigenvalue weighted by molar-refractivity contribution is 8.06. The molecular formula is C17H23NO4S2. The van der Waals surface area contributed by atoms with Crippen LogP contribution in [0.4, 0.5) is 0 Å². The van der Waals surface area contributed by atoms with Crippen LogP contribution in [0, 0.1) is 5.92 Å². The third kappa shape index (κ3) is 5.94. The molecule has 1 heterocycles. The highest BCUT2D eigenvalue weighted by Crippen LogP contribution is 2.26. The number of amides is 1. The molecule has 0 saturated carbocycles. The molecule has 1 amide bonds. The first-order chi connectivity index (χ1) is 11.6. The van der Waals surface area contributed by atoms with Gasteiger partial charge in [0.05, 0.1) is 13.0 Å². The molecule has 2 rings (SSSR count). The van der Waals surface area contributed by atoms with Gasteiger partial charge in [-0.05, 0) is 18.1 Å². The number of hydrogen-bond acceptors (Lipinski definition) is 5. The average molecular weight is 370 g/mol. The fourth-order valence-corrected chi connectivity index (χ4v) is 5.23. The third-order valence-electron chi connectivity index (χ3n) is 3.85. The maximum absolute atomic E-state index is 12.1. The third-order valence-corrected chi connectivity index (χ3v) is 6.70. The topological polar surface area (TPSA) is 75.6 Å². The van der Waals surface area contributed by atoms with E-state index in [4.69, 9.17) is 4.74 Å². The normalized spacial score (nSPS) is 18.6. The van der Waals surface area contributed by atoms with Crippen LogP contribution in [0.3, 0.4) is 0 Å². The molecule has 1 aromatic carbocycles. The Morgan fingerprint density at radius 2 is 2.17 bits per heavy atom. The van der Waals surface area contributed by atoms with Gasteiger partial charge < -0.3 is 15.2 Å². The van der Waals surface area contributed by atoms with Crippen LogP contribution < -0.4 is 10.1 Å². The highest BCUT2D eigenvalue weighted by Gasteiger charge is 2.22. The number of thioether (sulfide) groups is 2. The second kappa shape index (κ2) is 9.84. The first kappa shape index (κ1) is 19.0. The number of hydrogen-bond donors (Lipinski definition) is 2. The van der Waals surface area contributed by atoms with Gasteiger partial charge >= 0.3 is 5.97 Å². The summed E-state index contributed by atoms with van der Waals surface area (Å²) in [4.78, 5) is 23.6. The molecular weight excluding hydrogens is 346 g/mol. The van der Waals surface area contributed by atoms with Gasteiger partial charge in [-0.25, -0.2) is 0 Å². The average Bonchev–Trinajstić information content (AvgIpc) is 2.59. The van der Waals surface area contributed by atoms with Crippen molar-refractivity contribution >= 4 is 35.4 Å². The van der Waals surface area contributed by atoms with Gasteiger partial charge in [-0.1, -0.05) is 18.2 Å². The summed E-state index contributed by atoms with van der Waals surface area (Å²) < 4.78 is 5.27. The minimum absolute atomic E-state index is 0.0683. The first-order valence-electron chi connectivity index (χ1n) is 7.91. The van der Waals surface area contributed by atoms with Crippen LogP contribution in [-0.2, 0) is 16.0 Å². The summed E-state index contributed by atoms with van der Waals surface area (Å²) in [5.41, 5.74) is 0.834. The number of benzene rings is 1. The van der Waals surface area contributed by atoms with Gasteiger partial charge in [0.25, 0.3) is 0 Å². The molecule has 132 valence electrons. The van der Waals surface area contributed by atoms with Crippen LogP contribution in [0.1, 0.15) is 12.0 Å². The Morgan fingerprint density at radius 1 is 1.38 bits per heavy atom. The van der Waals surface area contributed by atoms with Gasteiger partial charge in [-0.15, -0.1) is 0 Å². The van der Waals surface area contributed by atoms with Gasteiger partial charge in [0.15, 0.2) is 0 Å². The number of methoxy groups -OCH3 is 1. The number of carbonyl (C=O) groups is 2. The molecule has 2 atom stereocenters. The van der Waals surface area contributed by atoms with Crippen molar-refractivity contribution in [2.24, 2.45) is 5.92 Å². The number of ether oxygens (including phenoxy) is 1. The van der Waals surface area contributed by atoms with Gasteiger partial charge in [0, 0.05) is 35.5 Å². The Balaban J connectivity index is 1.86. The summed E-state index contributed by atoms with van der Waals surface area (Å²) in [6.07, 6.45) is 0.784. The second-order valence-electron chi connectivity index (χ2n) is 5.63. The molecule has 0 aliphatic carbocycles. The Kier molecular flexibility index (Phi) is 7.78. The summed E-state index contributed by atoms with van der Waals surface area (Å²) >= 11 is 3.70. The van der Waals surface area contributed by atoms with Crippen molar-refractivity contribution < 1.29 is 19.4 Å². The minimum Gasteiger partial charge on any atom is -0.496 e. The number of rotatable bonds is 8. The zero-order chi connectivity index (χ0) is 17.4. The van der Waals surface area contributed by atoms with Crippen LogP contribution in [0.25, 0.3) is 0 Å². The monoisotopic (exact) mass is 369 g/mol. The van der Waals surface area contributed by atoms with Crippen LogP contribution in [0.2, 0.25) is 0 Å². The van der Waals surface area contributed by atoms with Crippen molar-refractivity contribution in [3.05, 3.63) is 29.8 Å². The zero-order valence-electron chi connectivity index (χ0n) is 13.7. The lowest BCUT2D eigenvalue weighted by Gasteiger charge is -2.21. The lowest BCUT2D eigenvalue weighted by Crippen LogP contribution is -2.36. The molecule has 1 aliphatic rings. The van der Waals surface area contributed by atoms with E-state index < -0.39 is 11.9 Å². The van der Waals surface area contributed by atoms with E-state index in [0.717, 1.165) is 22.8 Å². The van der Waals surface area contributed by atoms with Crippen LogP contribution in [0.5, 0.6) is 5.75 Å². The molecule has 24 heavy (non-hydrogen) atoms. The summed E-state index contributed by atoms with van der Waals surface area (Å²) in [6, 6.07) is 7.37. The SMILES string of the molecule is COc1ccccc1CC(CNC(=O)CC1CSCCS1)C(=O)O. The molecule has 0 bridgehead atoms. The summed E-state index contributed by atoms with van der Waals surface area (Å²) in [5.74, 6) is 2.23. The van der Waals surface area contributed by atoms with Crippen LogP contribution in [-0.4, -0.2) is 53.1 Å². The number of aliphatic carboxylic acids is 1. The number of nitrogens with one attached hydrogen (secondary N) is 1. The van der Waals surface area contributed by atoms with E-state index >= 15 is 0 Å². The molecule has 1 saturated heterocycles. The van der Waals surface area contributed by atoms with E-state index in [1.807, 2.05) is 47.8 Å². The second-order valence-corrected chi connectivity index (χ2v) is 8.19. The van der Waals surface area contributed by atoms with Crippen molar-refractivity contribution in [2.75, 3.05) is 30.9 Å². The molecule has 7 heteroatoms. The number of carboxylic acids is 1. The minimum atomic E-state index is -0.913. The molecule has 0 radical (unpaired) electrons. The first-order valence-corrected chi connectivity index (χ1v) is 10.1. The number of carbonyl (C=O) groups excluding carboxylic acids is 1. The van der Waals surface area contributed by atoms with Crippen molar-refractivity contribution in [1.82, 2.24) is 5.32 Å². The van der Waals surface area contributed by atoms with Crippen molar-refractivity contribution in [3.8, 4) is 5.75 Å². The molecule has 2 N–H and O–H groups in total. The van der Waals surface area contributed by atoms with E-state index in [0.29, 0.717) is 23.8 Å². The molecule has 1 aromatic rings. The van der Waals surface area contributed by atoms with Gasteiger partial charge in [0.1, 0.15) is 5.75 Å². The Bertz CT molecular complexity index is 561. The van der Waals surface area contributed by atoms with E-state index in [1.165, 1.54) is 0 Å². The van der Waals surface area contributed by atoms with Gasteiger partial charge in [-0.2, -0.15) is 23.5 Å². The van der Waals surface area contributed by atoms with E-state index in [2.05, 4.69) is 5.32 Å². The smallest absolute Gasteiger partial charge is 0.308 e. The Hall–Kier alpha value is -1.34. The van der Waals surface area contributed by atoms with Crippen LogP contribution >= 0.6 is 23.5 Å².